The first-order chi connectivity index (χ1) is 15.6. The van der Waals surface area contributed by atoms with Gasteiger partial charge in [0.25, 0.3) is 5.91 Å². The number of aryl methyl sites for hydroxylation is 1. The molecule has 4 rings (SSSR count). The van der Waals surface area contributed by atoms with Crippen LogP contribution in [-0.4, -0.2) is 42.6 Å². The van der Waals surface area contributed by atoms with E-state index in [0.29, 0.717) is 29.3 Å². The number of amides is 1. The normalized spacial score (nSPS) is 13.6. The number of nitrogens with zero attached hydrogens (tertiary/aromatic N) is 5. The Morgan fingerprint density at radius 2 is 2.00 bits per heavy atom. The van der Waals surface area contributed by atoms with Gasteiger partial charge in [-0.25, -0.2) is 9.07 Å². The lowest BCUT2D eigenvalue weighted by molar-refractivity contribution is -0.144. The number of halogens is 3. The highest BCUT2D eigenvalue weighted by atomic mass is 19.3. The zero-order valence-corrected chi connectivity index (χ0v) is 18.0. The van der Waals surface area contributed by atoms with Crippen LogP contribution in [0.4, 0.5) is 13.2 Å². The van der Waals surface area contributed by atoms with Crippen molar-refractivity contribution in [2.45, 2.75) is 31.9 Å². The van der Waals surface area contributed by atoms with E-state index in [1.165, 1.54) is 25.1 Å². The van der Waals surface area contributed by atoms with Crippen LogP contribution in [0.25, 0.3) is 16.7 Å². The highest BCUT2D eigenvalue weighted by Gasteiger charge is 2.35. The van der Waals surface area contributed by atoms with Gasteiger partial charge >= 0.3 is 5.92 Å². The molecule has 11 heteroatoms. The SMILES string of the molecule is C[C@H](NC(=O)C(C)(F)F)[C@H](Oc1ccc2c(c1)nnn2-c1cnn(C)c1)c1cccc(F)c1. The van der Waals surface area contributed by atoms with Crippen molar-refractivity contribution in [2.24, 2.45) is 7.05 Å². The van der Waals surface area contributed by atoms with Gasteiger partial charge in [0, 0.05) is 20.0 Å². The first-order valence-corrected chi connectivity index (χ1v) is 10.1. The molecule has 1 amide bonds. The summed E-state index contributed by atoms with van der Waals surface area (Å²) in [5.41, 5.74) is 2.32. The highest BCUT2D eigenvalue weighted by Crippen LogP contribution is 2.29. The summed E-state index contributed by atoms with van der Waals surface area (Å²) in [6, 6.07) is 9.69. The number of carbonyl (C=O) groups is 1. The van der Waals surface area contributed by atoms with Crippen LogP contribution in [0.3, 0.4) is 0 Å². The third kappa shape index (κ3) is 4.81. The Morgan fingerprint density at radius 3 is 2.67 bits per heavy atom. The first kappa shape index (κ1) is 22.3. The van der Waals surface area contributed by atoms with E-state index in [2.05, 4.69) is 20.7 Å². The molecule has 2 aromatic heterocycles. The number of hydrogen-bond donors (Lipinski definition) is 1. The first-order valence-electron chi connectivity index (χ1n) is 10.1. The summed E-state index contributed by atoms with van der Waals surface area (Å²) >= 11 is 0. The van der Waals surface area contributed by atoms with E-state index in [1.807, 2.05) is 0 Å². The van der Waals surface area contributed by atoms with Gasteiger partial charge in [-0.05, 0) is 36.8 Å². The third-order valence-electron chi connectivity index (χ3n) is 5.00. The highest BCUT2D eigenvalue weighted by molar-refractivity contribution is 5.83. The third-order valence-corrected chi connectivity index (χ3v) is 5.00. The van der Waals surface area contributed by atoms with Gasteiger partial charge in [-0.3, -0.25) is 9.48 Å². The van der Waals surface area contributed by atoms with Crippen LogP contribution in [0, 0.1) is 5.82 Å². The van der Waals surface area contributed by atoms with Gasteiger partial charge in [0.2, 0.25) is 0 Å². The van der Waals surface area contributed by atoms with Crippen molar-refractivity contribution in [3.63, 3.8) is 0 Å². The second-order valence-electron chi connectivity index (χ2n) is 7.77. The number of benzene rings is 2. The number of rotatable bonds is 7. The number of hydrogen-bond acceptors (Lipinski definition) is 5. The summed E-state index contributed by atoms with van der Waals surface area (Å²) in [5.74, 6) is -5.19. The Morgan fingerprint density at radius 1 is 1.21 bits per heavy atom. The lowest BCUT2D eigenvalue weighted by atomic mass is 10.0. The number of nitrogens with one attached hydrogen (secondary N) is 1. The maximum Gasteiger partial charge on any atom is 0.321 e. The fraction of sp³-hybridized carbons (Fsp3) is 0.273. The van der Waals surface area contributed by atoms with Crippen LogP contribution in [0.5, 0.6) is 5.75 Å². The summed E-state index contributed by atoms with van der Waals surface area (Å²) in [7, 11) is 1.79. The smallest absolute Gasteiger partial charge is 0.321 e. The minimum atomic E-state index is -3.57. The molecule has 0 fully saturated rings. The Hall–Kier alpha value is -3.89. The quantitative estimate of drug-likeness (QED) is 0.458. The minimum absolute atomic E-state index is 0.347. The molecule has 2 atom stereocenters. The molecule has 0 saturated carbocycles. The van der Waals surface area contributed by atoms with Gasteiger partial charge < -0.3 is 10.1 Å². The molecular formula is C22H21F3N6O2. The molecule has 0 bridgehead atoms. The molecule has 2 heterocycles. The van der Waals surface area contributed by atoms with E-state index in [4.69, 9.17) is 4.74 Å². The number of ether oxygens (including phenoxy) is 1. The van der Waals surface area contributed by atoms with Crippen LogP contribution < -0.4 is 10.1 Å². The summed E-state index contributed by atoms with van der Waals surface area (Å²) in [4.78, 5) is 11.8. The molecule has 0 aliphatic rings. The lowest BCUT2D eigenvalue weighted by Gasteiger charge is -2.27. The standard InChI is InChI=1S/C22H21F3N6O2/c1-13(27-21(32)22(2,24)25)20(14-5-4-6-15(23)9-14)33-17-7-8-19-18(10-17)28-29-31(19)16-11-26-30(3)12-16/h4-13,20H,1-3H3,(H,27,32)/t13-,20-/m0/s1. The minimum Gasteiger partial charge on any atom is -0.484 e. The Balaban J connectivity index is 1.64. The van der Waals surface area contributed by atoms with Gasteiger partial charge in [-0.15, -0.1) is 5.10 Å². The predicted octanol–water partition coefficient (Wildman–Crippen LogP) is 3.57. The molecular weight excluding hydrogens is 437 g/mol. The zero-order valence-electron chi connectivity index (χ0n) is 18.0. The van der Waals surface area contributed by atoms with E-state index in [1.54, 1.807) is 53.1 Å². The molecule has 8 nitrogen and oxygen atoms in total. The van der Waals surface area contributed by atoms with Crippen LogP contribution in [0.15, 0.2) is 54.9 Å². The van der Waals surface area contributed by atoms with Gasteiger partial charge in [-0.2, -0.15) is 13.9 Å². The van der Waals surface area contributed by atoms with Gasteiger partial charge in [0.1, 0.15) is 28.9 Å². The van der Waals surface area contributed by atoms with Crippen molar-refractivity contribution in [3.8, 4) is 11.4 Å². The summed E-state index contributed by atoms with van der Waals surface area (Å²) < 4.78 is 50.0. The van der Waals surface area contributed by atoms with Crippen molar-refractivity contribution in [3.05, 3.63) is 66.2 Å². The Kier molecular flexibility index (Phi) is 5.79. The maximum atomic E-state index is 13.9. The van der Waals surface area contributed by atoms with E-state index in [9.17, 15) is 18.0 Å². The summed E-state index contributed by atoms with van der Waals surface area (Å²) in [6.07, 6.45) is 2.48. The number of alkyl halides is 2. The van der Waals surface area contributed by atoms with Gasteiger partial charge in [0.05, 0.1) is 24.0 Å². The molecule has 2 aromatic carbocycles. The van der Waals surface area contributed by atoms with Crippen molar-refractivity contribution >= 4 is 16.9 Å². The molecule has 0 saturated heterocycles. The Labute approximate surface area is 187 Å². The molecule has 172 valence electrons. The van der Waals surface area contributed by atoms with E-state index in [0.717, 1.165) is 5.69 Å². The maximum absolute atomic E-state index is 13.9. The van der Waals surface area contributed by atoms with Crippen LogP contribution in [-0.2, 0) is 11.8 Å². The molecule has 0 aliphatic heterocycles. The lowest BCUT2D eigenvalue weighted by Crippen LogP contribution is -2.46. The van der Waals surface area contributed by atoms with Crippen LogP contribution in [0.1, 0.15) is 25.5 Å². The second-order valence-corrected chi connectivity index (χ2v) is 7.77. The molecule has 0 unspecified atom stereocenters. The number of aromatic nitrogens is 5. The molecule has 0 aliphatic carbocycles. The van der Waals surface area contributed by atoms with Crippen molar-refractivity contribution in [1.29, 1.82) is 0 Å². The summed E-state index contributed by atoms with van der Waals surface area (Å²) in [6.45, 7) is 2.02. The van der Waals surface area contributed by atoms with Crippen molar-refractivity contribution in [1.82, 2.24) is 30.1 Å². The Bertz CT molecular complexity index is 1300. The van der Waals surface area contributed by atoms with Gasteiger partial charge in [-0.1, -0.05) is 17.3 Å². The molecule has 4 aromatic rings. The zero-order chi connectivity index (χ0) is 23.8. The average Bonchev–Trinajstić information content (AvgIpc) is 3.36. The van der Waals surface area contributed by atoms with Gasteiger partial charge in [0.15, 0.2) is 0 Å². The van der Waals surface area contributed by atoms with Crippen LogP contribution in [0.2, 0.25) is 0 Å². The van der Waals surface area contributed by atoms with Crippen molar-refractivity contribution in [2.75, 3.05) is 0 Å². The molecule has 0 radical (unpaired) electrons. The largest absolute Gasteiger partial charge is 0.484 e. The second kappa shape index (κ2) is 8.57. The summed E-state index contributed by atoms with van der Waals surface area (Å²) in [5, 5.41) is 14.7. The average molecular weight is 458 g/mol. The molecule has 33 heavy (non-hydrogen) atoms. The molecule has 1 N–H and O–H groups in total. The fourth-order valence-electron chi connectivity index (χ4n) is 3.38. The van der Waals surface area contributed by atoms with E-state index in [-0.39, 0.29) is 0 Å². The van der Waals surface area contributed by atoms with Crippen LogP contribution >= 0.6 is 0 Å². The van der Waals surface area contributed by atoms with Crippen molar-refractivity contribution < 1.29 is 22.7 Å². The number of carbonyl (C=O) groups excluding carboxylic acids is 1. The monoisotopic (exact) mass is 458 g/mol. The predicted molar refractivity (Wildman–Crippen MR) is 114 cm³/mol. The van der Waals surface area contributed by atoms with E-state index < -0.39 is 29.8 Å². The number of fused-ring (bicyclic) bond motifs is 1. The topological polar surface area (TPSA) is 86.9 Å². The molecule has 0 spiro atoms. The van der Waals surface area contributed by atoms with E-state index >= 15 is 0 Å². The fourth-order valence-corrected chi connectivity index (χ4v) is 3.38.